The van der Waals surface area contributed by atoms with Crippen molar-refractivity contribution in [1.82, 2.24) is 0 Å². The van der Waals surface area contributed by atoms with Crippen LogP contribution in [0, 0.1) is 23.2 Å². The minimum atomic E-state index is -1.09. The quantitative estimate of drug-likeness (QED) is 0.514. The molecular formula is C23H34O4. The number of carboxylic acid groups (broad SMARTS) is 1. The Morgan fingerprint density at radius 3 is 2.70 bits per heavy atom. The zero-order valence-electron chi connectivity index (χ0n) is 16.9. The van der Waals surface area contributed by atoms with Gasteiger partial charge in [0, 0.05) is 11.8 Å². The van der Waals surface area contributed by atoms with Crippen molar-refractivity contribution < 1.29 is 19.8 Å². The highest BCUT2D eigenvalue weighted by Crippen LogP contribution is 2.46. The second kappa shape index (κ2) is 9.01. The monoisotopic (exact) mass is 374 g/mol. The van der Waals surface area contributed by atoms with Gasteiger partial charge < -0.3 is 10.2 Å². The van der Waals surface area contributed by atoms with E-state index in [-0.39, 0.29) is 23.0 Å². The average Bonchev–Trinajstić information content (AvgIpc) is 3.16. The SMILES string of the molecule is CCCCC(C)(C)CC=C[C@H]1C=CC(=O)[C@@H]1CC=CC[C@@]1(O)C[C@H]1C(=O)O. The van der Waals surface area contributed by atoms with E-state index >= 15 is 0 Å². The van der Waals surface area contributed by atoms with E-state index in [4.69, 9.17) is 5.11 Å². The predicted molar refractivity (Wildman–Crippen MR) is 107 cm³/mol. The largest absolute Gasteiger partial charge is 0.481 e. The number of unbranched alkanes of at least 4 members (excludes halogenated alkanes) is 1. The minimum Gasteiger partial charge on any atom is -0.481 e. The highest BCUT2D eigenvalue weighted by molar-refractivity contribution is 5.95. The van der Waals surface area contributed by atoms with E-state index in [1.54, 1.807) is 6.08 Å². The van der Waals surface area contributed by atoms with Crippen molar-refractivity contribution >= 4 is 11.8 Å². The van der Waals surface area contributed by atoms with E-state index in [1.165, 1.54) is 19.3 Å². The van der Waals surface area contributed by atoms with Gasteiger partial charge in [0.2, 0.25) is 0 Å². The maximum atomic E-state index is 12.1. The van der Waals surface area contributed by atoms with Gasteiger partial charge in [-0.2, -0.15) is 0 Å². The fourth-order valence-electron chi connectivity index (χ4n) is 3.79. The smallest absolute Gasteiger partial charge is 0.309 e. The average molecular weight is 375 g/mol. The Morgan fingerprint density at radius 2 is 2.07 bits per heavy atom. The van der Waals surface area contributed by atoms with E-state index in [9.17, 15) is 14.7 Å². The summed E-state index contributed by atoms with van der Waals surface area (Å²) in [4.78, 5) is 23.0. The lowest BCUT2D eigenvalue weighted by Crippen LogP contribution is -2.15. The first-order valence-electron chi connectivity index (χ1n) is 10.2. The number of hydrogen-bond acceptors (Lipinski definition) is 3. The molecule has 2 aliphatic carbocycles. The number of ketones is 1. The number of carboxylic acids is 1. The normalized spacial score (nSPS) is 30.7. The number of rotatable bonds is 11. The molecule has 0 unspecified atom stereocenters. The zero-order chi connectivity index (χ0) is 20.1. The molecule has 0 radical (unpaired) electrons. The van der Waals surface area contributed by atoms with E-state index in [2.05, 4.69) is 32.9 Å². The van der Waals surface area contributed by atoms with Gasteiger partial charge >= 0.3 is 5.97 Å². The topological polar surface area (TPSA) is 74.6 Å². The van der Waals surface area contributed by atoms with Crippen LogP contribution >= 0.6 is 0 Å². The molecule has 0 saturated heterocycles. The summed E-state index contributed by atoms with van der Waals surface area (Å²) in [6.45, 7) is 6.79. The van der Waals surface area contributed by atoms with Crippen molar-refractivity contribution in [1.29, 1.82) is 0 Å². The van der Waals surface area contributed by atoms with Gasteiger partial charge in [0.15, 0.2) is 5.78 Å². The molecule has 0 spiro atoms. The van der Waals surface area contributed by atoms with Crippen molar-refractivity contribution in [2.24, 2.45) is 23.2 Å². The molecule has 0 aromatic rings. The summed E-state index contributed by atoms with van der Waals surface area (Å²) in [7, 11) is 0. The van der Waals surface area contributed by atoms with Gasteiger partial charge in [-0.3, -0.25) is 9.59 Å². The van der Waals surface area contributed by atoms with Crippen LogP contribution in [0.5, 0.6) is 0 Å². The van der Waals surface area contributed by atoms with Crippen molar-refractivity contribution in [3.05, 3.63) is 36.5 Å². The van der Waals surface area contributed by atoms with Crippen LogP contribution in [0.1, 0.15) is 65.7 Å². The van der Waals surface area contributed by atoms with Crippen LogP contribution in [0.2, 0.25) is 0 Å². The standard InChI is InChI=1S/C23H34O4/c1-4-5-13-22(2,3)14-8-9-17-11-12-20(24)18(17)10-6-7-15-23(27)16-19(23)21(25)26/h6-9,11-12,17-19,27H,4-5,10,13-16H2,1-3H3,(H,25,26)/t17-,18+,19-,23+/m0/s1. The van der Waals surface area contributed by atoms with Crippen molar-refractivity contribution in [2.75, 3.05) is 0 Å². The van der Waals surface area contributed by atoms with Gasteiger partial charge in [-0.15, -0.1) is 0 Å². The third-order valence-electron chi connectivity index (χ3n) is 5.92. The molecule has 0 amide bonds. The molecule has 2 aliphatic rings. The van der Waals surface area contributed by atoms with Crippen molar-refractivity contribution in [3.63, 3.8) is 0 Å². The van der Waals surface area contributed by atoms with Gasteiger partial charge in [0.05, 0.1) is 11.5 Å². The van der Waals surface area contributed by atoms with Crippen LogP contribution in [0.25, 0.3) is 0 Å². The van der Waals surface area contributed by atoms with Crippen molar-refractivity contribution in [2.45, 2.75) is 71.3 Å². The lowest BCUT2D eigenvalue weighted by molar-refractivity contribution is -0.140. The Kier molecular flexibility index (Phi) is 7.21. The number of hydrogen-bond donors (Lipinski definition) is 2. The first kappa shape index (κ1) is 21.6. The van der Waals surface area contributed by atoms with Crippen LogP contribution < -0.4 is 0 Å². The Bertz CT molecular complexity index is 628. The molecule has 0 aromatic carbocycles. The lowest BCUT2D eigenvalue weighted by Gasteiger charge is -2.23. The zero-order valence-corrected chi connectivity index (χ0v) is 16.9. The Hall–Kier alpha value is -1.68. The van der Waals surface area contributed by atoms with E-state index in [0.717, 1.165) is 6.42 Å². The number of carbonyl (C=O) groups is 2. The molecule has 4 heteroatoms. The second-order valence-corrected chi connectivity index (χ2v) is 8.96. The van der Waals surface area contributed by atoms with Crippen LogP contribution in [-0.2, 0) is 9.59 Å². The molecule has 27 heavy (non-hydrogen) atoms. The molecule has 4 atom stereocenters. The maximum Gasteiger partial charge on any atom is 0.309 e. The van der Waals surface area contributed by atoms with Crippen LogP contribution in [0.3, 0.4) is 0 Å². The summed E-state index contributed by atoms with van der Waals surface area (Å²) in [5.41, 5.74) is -0.807. The lowest BCUT2D eigenvalue weighted by atomic mass is 9.83. The third kappa shape index (κ3) is 6.17. The minimum absolute atomic E-state index is 0.0830. The number of carbonyl (C=O) groups excluding carboxylic acids is 1. The predicted octanol–water partition coefficient (Wildman–Crippen LogP) is 4.69. The Morgan fingerprint density at radius 1 is 1.33 bits per heavy atom. The summed E-state index contributed by atoms with van der Waals surface area (Å²) < 4.78 is 0. The summed E-state index contributed by atoms with van der Waals surface area (Å²) >= 11 is 0. The third-order valence-corrected chi connectivity index (χ3v) is 5.92. The molecule has 0 aliphatic heterocycles. The summed E-state index contributed by atoms with van der Waals surface area (Å²) in [6, 6.07) is 0. The van der Waals surface area contributed by atoms with Crippen LogP contribution in [-0.4, -0.2) is 27.6 Å². The molecule has 1 fully saturated rings. The number of aliphatic hydroxyl groups is 1. The van der Waals surface area contributed by atoms with Crippen LogP contribution in [0.4, 0.5) is 0 Å². The van der Waals surface area contributed by atoms with E-state index < -0.39 is 17.5 Å². The van der Waals surface area contributed by atoms with Crippen LogP contribution in [0.15, 0.2) is 36.5 Å². The summed E-state index contributed by atoms with van der Waals surface area (Å²) in [5, 5.41) is 19.0. The molecule has 2 N–H and O–H groups in total. The highest BCUT2D eigenvalue weighted by Gasteiger charge is 2.56. The number of aliphatic carboxylic acids is 1. The molecule has 0 aromatic heterocycles. The van der Waals surface area contributed by atoms with Gasteiger partial charge in [0.25, 0.3) is 0 Å². The molecular weight excluding hydrogens is 340 g/mol. The highest BCUT2D eigenvalue weighted by atomic mass is 16.4. The Labute approximate surface area is 163 Å². The van der Waals surface area contributed by atoms with E-state index in [0.29, 0.717) is 19.3 Å². The fraction of sp³-hybridized carbons (Fsp3) is 0.652. The maximum absolute atomic E-state index is 12.1. The van der Waals surface area contributed by atoms with Gasteiger partial charge in [0.1, 0.15) is 0 Å². The first-order chi connectivity index (χ1) is 12.7. The molecule has 2 rings (SSSR count). The first-order valence-corrected chi connectivity index (χ1v) is 10.2. The number of allylic oxidation sites excluding steroid dienone is 5. The molecule has 1 saturated carbocycles. The summed E-state index contributed by atoms with van der Waals surface area (Å²) in [5.74, 6) is -1.40. The second-order valence-electron chi connectivity index (χ2n) is 8.96. The molecule has 0 bridgehead atoms. The molecule has 0 heterocycles. The molecule has 4 nitrogen and oxygen atoms in total. The van der Waals surface area contributed by atoms with Gasteiger partial charge in [-0.25, -0.2) is 0 Å². The summed E-state index contributed by atoms with van der Waals surface area (Å²) in [6.07, 6.45) is 17.7. The fourth-order valence-corrected chi connectivity index (χ4v) is 3.79. The van der Waals surface area contributed by atoms with Gasteiger partial charge in [-0.1, -0.05) is 64.0 Å². The Balaban J connectivity index is 1.81. The van der Waals surface area contributed by atoms with E-state index in [1.807, 2.05) is 18.2 Å². The molecule has 150 valence electrons. The van der Waals surface area contributed by atoms with Crippen molar-refractivity contribution in [3.8, 4) is 0 Å². The van der Waals surface area contributed by atoms with Gasteiger partial charge in [-0.05, 0) is 43.6 Å².